The first kappa shape index (κ1) is 7.40. The fraction of sp³-hybridized carbons (Fsp3) is 0. The van der Waals surface area contributed by atoms with Gasteiger partial charge in [-0.2, -0.15) is 9.73 Å². The van der Waals surface area contributed by atoms with E-state index in [0.717, 1.165) is 10.6 Å². The molecule has 0 atom stereocenters. The molecular formula is C5H3N5O3. The minimum absolute atomic E-state index is 0.0649. The molecule has 66 valence electrons. The highest BCUT2D eigenvalue weighted by molar-refractivity contribution is 5.85. The van der Waals surface area contributed by atoms with Crippen LogP contribution in [-0.4, -0.2) is 36.1 Å². The number of aromatic amines is 1. The van der Waals surface area contributed by atoms with E-state index >= 15 is 0 Å². The predicted molar refractivity (Wildman–Crippen MR) is 38.4 cm³/mol. The normalized spacial score (nSPS) is 10.5. The molecule has 0 saturated carbocycles. The number of nitrogens with one attached hydrogen (secondary N) is 1. The van der Waals surface area contributed by atoms with E-state index in [0.29, 0.717) is 0 Å². The number of H-pyrrole nitrogens is 1. The molecule has 0 aliphatic heterocycles. The van der Waals surface area contributed by atoms with E-state index in [2.05, 4.69) is 20.5 Å². The summed E-state index contributed by atoms with van der Waals surface area (Å²) in [4.78, 5) is 25.1. The van der Waals surface area contributed by atoms with Crippen LogP contribution in [0.1, 0.15) is 10.5 Å². The van der Waals surface area contributed by atoms with Crippen LogP contribution in [-0.2, 0) is 0 Å². The van der Waals surface area contributed by atoms with Gasteiger partial charge in [0, 0.05) is 6.07 Å². The number of nitrogens with zero attached hydrogens (tertiary/aromatic N) is 4. The van der Waals surface area contributed by atoms with Gasteiger partial charge in [-0.1, -0.05) is 5.10 Å². The van der Waals surface area contributed by atoms with E-state index < -0.39 is 11.5 Å². The molecule has 0 amide bonds. The molecular weight excluding hydrogens is 178 g/mol. The zero-order valence-electron chi connectivity index (χ0n) is 6.13. The first-order valence-corrected chi connectivity index (χ1v) is 3.22. The second kappa shape index (κ2) is 2.37. The fourth-order valence-corrected chi connectivity index (χ4v) is 0.853. The molecule has 0 aromatic carbocycles. The van der Waals surface area contributed by atoms with Crippen LogP contribution in [0, 0.1) is 0 Å². The van der Waals surface area contributed by atoms with Crippen LogP contribution in [0.25, 0.3) is 5.78 Å². The monoisotopic (exact) mass is 181 g/mol. The molecule has 8 heteroatoms. The Morgan fingerprint density at radius 2 is 2.38 bits per heavy atom. The van der Waals surface area contributed by atoms with Crippen molar-refractivity contribution in [3.05, 3.63) is 22.1 Å². The molecule has 0 aliphatic carbocycles. The second-order valence-corrected chi connectivity index (χ2v) is 2.22. The Hall–Kier alpha value is -2.25. The van der Waals surface area contributed by atoms with Crippen molar-refractivity contribution in [1.29, 1.82) is 0 Å². The third-order valence-electron chi connectivity index (χ3n) is 1.40. The lowest BCUT2D eigenvalue weighted by molar-refractivity contribution is 0.0690. The van der Waals surface area contributed by atoms with Gasteiger partial charge in [0.25, 0.3) is 11.3 Å². The van der Waals surface area contributed by atoms with Gasteiger partial charge in [-0.15, -0.1) is 0 Å². The lowest BCUT2D eigenvalue weighted by Crippen LogP contribution is -2.17. The summed E-state index contributed by atoms with van der Waals surface area (Å²) in [5.41, 5.74) is -0.911. The highest BCUT2D eigenvalue weighted by Crippen LogP contribution is 1.91. The Morgan fingerprint density at radius 1 is 1.62 bits per heavy atom. The van der Waals surface area contributed by atoms with Gasteiger partial charge in [0.15, 0.2) is 5.69 Å². The lowest BCUT2D eigenvalue weighted by Gasteiger charge is -1.91. The molecule has 13 heavy (non-hydrogen) atoms. The summed E-state index contributed by atoms with van der Waals surface area (Å²) in [7, 11) is 0. The third-order valence-corrected chi connectivity index (χ3v) is 1.40. The van der Waals surface area contributed by atoms with Gasteiger partial charge in [0.2, 0.25) is 0 Å². The Bertz CT molecular complexity index is 526. The average Bonchev–Trinajstić information content (AvgIpc) is 2.51. The van der Waals surface area contributed by atoms with E-state index in [1.165, 1.54) is 0 Å². The number of aromatic nitrogens is 5. The summed E-state index contributed by atoms with van der Waals surface area (Å²) in [5.74, 6) is -1.34. The smallest absolute Gasteiger partial charge is 0.354 e. The maximum Gasteiger partial charge on any atom is 0.354 e. The van der Waals surface area contributed by atoms with Crippen molar-refractivity contribution >= 4 is 11.7 Å². The third kappa shape index (κ3) is 1.04. The topological polar surface area (TPSA) is 113 Å². The van der Waals surface area contributed by atoms with Gasteiger partial charge in [-0.3, -0.25) is 4.79 Å². The standard InChI is InChI=1S/C5H3N5O3/c11-3-1-2(4(12)13)6-5-7-8-9-10(3)5/h1H,(H,12,13)(H,6,7,9). The highest BCUT2D eigenvalue weighted by atomic mass is 16.4. The van der Waals surface area contributed by atoms with Crippen molar-refractivity contribution in [2.24, 2.45) is 0 Å². The van der Waals surface area contributed by atoms with E-state index in [-0.39, 0.29) is 11.5 Å². The molecule has 0 radical (unpaired) electrons. The number of hydrogen-bond acceptors (Lipinski definition) is 5. The minimum atomic E-state index is -1.28. The summed E-state index contributed by atoms with van der Waals surface area (Å²) >= 11 is 0. The Balaban J connectivity index is 2.85. The van der Waals surface area contributed by atoms with Crippen LogP contribution >= 0.6 is 0 Å². The van der Waals surface area contributed by atoms with Crippen LogP contribution in [0.2, 0.25) is 0 Å². The second-order valence-electron chi connectivity index (χ2n) is 2.22. The van der Waals surface area contributed by atoms with Gasteiger partial charge in [-0.05, 0) is 5.21 Å². The number of fused-ring (bicyclic) bond motifs is 1. The van der Waals surface area contributed by atoms with Crippen molar-refractivity contribution in [3.8, 4) is 0 Å². The quantitative estimate of drug-likeness (QED) is 0.554. The van der Waals surface area contributed by atoms with Gasteiger partial charge in [0.05, 0.1) is 0 Å². The molecule has 2 aromatic rings. The largest absolute Gasteiger partial charge is 0.477 e. The zero-order valence-corrected chi connectivity index (χ0v) is 6.13. The fourth-order valence-electron chi connectivity index (χ4n) is 0.853. The first-order valence-electron chi connectivity index (χ1n) is 3.22. The van der Waals surface area contributed by atoms with E-state index in [9.17, 15) is 9.59 Å². The number of aromatic carboxylic acids is 1. The van der Waals surface area contributed by atoms with Crippen LogP contribution in [0.4, 0.5) is 0 Å². The number of carboxylic acid groups (broad SMARTS) is 1. The van der Waals surface area contributed by atoms with Crippen molar-refractivity contribution < 1.29 is 9.90 Å². The first-order chi connectivity index (χ1) is 6.18. The van der Waals surface area contributed by atoms with Gasteiger partial charge in [-0.25, -0.2) is 9.78 Å². The summed E-state index contributed by atoms with van der Waals surface area (Å²) in [5, 5.41) is 17.5. The average molecular weight is 181 g/mol. The van der Waals surface area contributed by atoms with E-state index in [1.54, 1.807) is 0 Å². The molecule has 0 unspecified atom stereocenters. The number of tetrazole rings is 1. The number of carboxylic acids is 1. The Labute approximate surface area is 69.8 Å². The van der Waals surface area contributed by atoms with E-state index in [4.69, 9.17) is 5.11 Å². The summed E-state index contributed by atoms with van der Waals surface area (Å²) in [6, 6.07) is 0.884. The molecule has 0 fully saturated rings. The highest BCUT2D eigenvalue weighted by Gasteiger charge is 2.09. The molecule has 0 bridgehead atoms. The van der Waals surface area contributed by atoms with Gasteiger partial charge < -0.3 is 5.11 Å². The molecule has 2 aromatic heterocycles. The van der Waals surface area contributed by atoms with Crippen LogP contribution in [0.3, 0.4) is 0 Å². The zero-order chi connectivity index (χ0) is 9.42. The summed E-state index contributed by atoms with van der Waals surface area (Å²) in [6.07, 6.45) is 0. The lowest BCUT2D eigenvalue weighted by atomic mass is 10.4. The minimum Gasteiger partial charge on any atom is -0.477 e. The van der Waals surface area contributed by atoms with Crippen molar-refractivity contribution in [2.75, 3.05) is 0 Å². The summed E-state index contributed by atoms with van der Waals surface area (Å²) in [6.45, 7) is 0. The molecule has 0 saturated heterocycles. The maximum atomic E-state index is 11.1. The molecule has 2 rings (SSSR count). The number of hydrogen-bond donors (Lipinski definition) is 2. The van der Waals surface area contributed by atoms with Crippen molar-refractivity contribution in [2.45, 2.75) is 0 Å². The SMILES string of the molecule is O=C(O)c1cc(=O)n2[nH]nnc2n1. The Kier molecular flexibility index (Phi) is 1.35. The maximum absolute atomic E-state index is 11.1. The van der Waals surface area contributed by atoms with Crippen LogP contribution < -0.4 is 5.56 Å². The predicted octanol–water partition coefficient (Wildman–Crippen LogP) is -1.49. The molecule has 8 nitrogen and oxygen atoms in total. The van der Waals surface area contributed by atoms with Crippen LogP contribution in [0.15, 0.2) is 10.9 Å². The molecule has 2 heterocycles. The molecule has 2 N–H and O–H groups in total. The number of carbonyl (C=O) groups is 1. The molecule has 0 aliphatic rings. The summed E-state index contributed by atoms with van der Waals surface area (Å²) < 4.78 is 0.937. The van der Waals surface area contributed by atoms with E-state index in [1.807, 2.05) is 0 Å². The van der Waals surface area contributed by atoms with Crippen molar-refractivity contribution in [1.82, 2.24) is 25.0 Å². The molecule has 0 spiro atoms. The van der Waals surface area contributed by atoms with Gasteiger partial charge in [0.1, 0.15) is 0 Å². The van der Waals surface area contributed by atoms with Crippen LogP contribution in [0.5, 0.6) is 0 Å². The number of rotatable bonds is 1. The Morgan fingerprint density at radius 3 is 3.08 bits per heavy atom. The van der Waals surface area contributed by atoms with Gasteiger partial charge >= 0.3 is 5.97 Å². The van der Waals surface area contributed by atoms with Crippen molar-refractivity contribution in [3.63, 3.8) is 0 Å².